The number of amides is 2. The molecule has 6 heteroatoms. The number of benzene rings is 2. The van der Waals surface area contributed by atoms with E-state index >= 15 is 0 Å². The average Bonchev–Trinajstić information content (AvgIpc) is 3.12. The Bertz CT molecular complexity index is 1040. The van der Waals surface area contributed by atoms with Gasteiger partial charge in [0.1, 0.15) is 12.4 Å². The minimum absolute atomic E-state index is 0.00733. The molecule has 1 aliphatic rings. The van der Waals surface area contributed by atoms with Crippen LogP contribution in [0.15, 0.2) is 54.6 Å². The number of nitrogens with one attached hydrogen (secondary N) is 1. The van der Waals surface area contributed by atoms with E-state index in [2.05, 4.69) is 12.2 Å². The Morgan fingerprint density at radius 3 is 2.65 bits per heavy atom. The van der Waals surface area contributed by atoms with E-state index < -0.39 is 0 Å². The number of aromatic nitrogens is 2. The fraction of sp³-hybridized carbons (Fsp3) is 0.400. The second-order valence-corrected chi connectivity index (χ2v) is 8.30. The fourth-order valence-electron chi connectivity index (χ4n) is 4.34. The molecule has 6 nitrogen and oxygen atoms in total. The van der Waals surface area contributed by atoms with Gasteiger partial charge in [-0.15, -0.1) is 0 Å². The number of nitrogens with zero attached hydrogens (tertiary/aromatic N) is 3. The predicted octanol–water partition coefficient (Wildman–Crippen LogP) is 3.34. The van der Waals surface area contributed by atoms with Crippen molar-refractivity contribution in [1.82, 2.24) is 19.8 Å². The summed E-state index contributed by atoms with van der Waals surface area (Å²) in [5.74, 6) is 0.969. The van der Waals surface area contributed by atoms with Gasteiger partial charge in [0.25, 0.3) is 0 Å². The normalized spacial score (nSPS) is 16.4. The standard InChI is InChI=1S/C25H30N4O2/c1-19-9-7-8-16-28(19)25(31)18-29-22-13-6-5-12-21(22)27-23(29)14-15-26-24(30)17-20-10-3-2-4-11-20/h2-6,10-13,19H,7-9,14-18H2,1H3,(H,26,30). The molecule has 1 fully saturated rings. The molecular formula is C25H30N4O2. The van der Waals surface area contributed by atoms with E-state index in [9.17, 15) is 9.59 Å². The van der Waals surface area contributed by atoms with E-state index in [-0.39, 0.29) is 24.4 Å². The van der Waals surface area contributed by atoms with Crippen LogP contribution in [0.3, 0.4) is 0 Å². The molecule has 0 aliphatic carbocycles. The maximum Gasteiger partial charge on any atom is 0.242 e. The Kier molecular flexibility index (Phi) is 6.65. The SMILES string of the molecule is CC1CCCCN1C(=O)Cn1c(CCNC(=O)Cc2ccccc2)nc2ccccc21. The number of carbonyl (C=O) groups excluding carboxylic acids is 2. The third-order valence-corrected chi connectivity index (χ3v) is 6.03. The highest BCUT2D eigenvalue weighted by Crippen LogP contribution is 2.20. The van der Waals surface area contributed by atoms with Gasteiger partial charge in [0.05, 0.1) is 17.5 Å². The Hall–Kier alpha value is -3.15. The van der Waals surface area contributed by atoms with Crippen molar-refractivity contribution >= 4 is 22.8 Å². The lowest BCUT2D eigenvalue weighted by Gasteiger charge is -2.33. The van der Waals surface area contributed by atoms with Crippen LogP contribution in [-0.4, -0.2) is 45.4 Å². The third kappa shape index (κ3) is 5.13. The molecule has 31 heavy (non-hydrogen) atoms. The van der Waals surface area contributed by atoms with Crippen molar-refractivity contribution in [2.75, 3.05) is 13.1 Å². The van der Waals surface area contributed by atoms with Crippen molar-refractivity contribution in [3.63, 3.8) is 0 Å². The van der Waals surface area contributed by atoms with Crippen LogP contribution in [0.1, 0.15) is 37.6 Å². The summed E-state index contributed by atoms with van der Waals surface area (Å²) in [5, 5.41) is 2.99. The zero-order valence-electron chi connectivity index (χ0n) is 18.1. The zero-order chi connectivity index (χ0) is 21.6. The van der Waals surface area contributed by atoms with Gasteiger partial charge in [-0.3, -0.25) is 9.59 Å². The maximum absolute atomic E-state index is 13.1. The van der Waals surface area contributed by atoms with Crippen molar-refractivity contribution < 1.29 is 9.59 Å². The van der Waals surface area contributed by atoms with Crippen molar-refractivity contribution in [3.05, 3.63) is 66.0 Å². The lowest BCUT2D eigenvalue weighted by molar-refractivity contribution is -0.135. The number of para-hydroxylation sites is 2. The summed E-state index contributed by atoms with van der Waals surface area (Å²) in [7, 11) is 0. The van der Waals surface area contributed by atoms with E-state index in [1.165, 1.54) is 6.42 Å². The van der Waals surface area contributed by atoms with Crippen LogP contribution < -0.4 is 5.32 Å². The number of carbonyl (C=O) groups is 2. The largest absolute Gasteiger partial charge is 0.355 e. The van der Waals surface area contributed by atoms with Crippen LogP contribution in [0, 0.1) is 0 Å². The third-order valence-electron chi connectivity index (χ3n) is 6.03. The molecule has 0 bridgehead atoms. The van der Waals surface area contributed by atoms with Gasteiger partial charge in [0.2, 0.25) is 11.8 Å². The molecule has 162 valence electrons. The minimum Gasteiger partial charge on any atom is -0.355 e. The van der Waals surface area contributed by atoms with Crippen molar-refractivity contribution in [3.8, 4) is 0 Å². The van der Waals surface area contributed by atoms with E-state index in [4.69, 9.17) is 4.98 Å². The first-order valence-electron chi connectivity index (χ1n) is 11.2. The first-order valence-corrected chi connectivity index (χ1v) is 11.2. The van der Waals surface area contributed by atoms with E-state index in [1.807, 2.05) is 64.1 Å². The molecule has 1 aromatic heterocycles. The highest BCUT2D eigenvalue weighted by Gasteiger charge is 2.24. The number of piperidine rings is 1. The monoisotopic (exact) mass is 418 g/mol. The highest BCUT2D eigenvalue weighted by atomic mass is 16.2. The van der Waals surface area contributed by atoms with Crippen molar-refractivity contribution in [2.24, 2.45) is 0 Å². The topological polar surface area (TPSA) is 67.2 Å². The van der Waals surface area contributed by atoms with Crippen LogP contribution in [0.25, 0.3) is 11.0 Å². The van der Waals surface area contributed by atoms with Gasteiger partial charge in [0.15, 0.2) is 0 Å². The number of likely N-dealkylation sites (tertiary alicyclic amines) is 1. The molecule has 1 unspecified atom stereocenters. The van der Waals surface area contributed by atoms with E-state index in [0.29, 0.717) is 19.4 Å². The van der Waals surface area contributed by atoms with Gasteiger partial charge < -0.3 is 14.8 Å². The predicted molar refractivity (Wildman–Crippen MR) is 122 cm³/mol. The zero-order valence-corrected chi connectivity index (χ0v) is 18.1. The lowest BCUT2D eigenvalue weighted by atomic mass is 10.0. The molecule has 0 saturated carbocycles. The fourth-order valence-corrected chi connectivity index (χ4v) is 4.34. The van der Waals surface area contributed by atoms with Crippen LogP contribution in [0.5, 0.6) is 0 Å². The van der Waals surface area contributed by atoms with Crippen LogP contribution in [0.4, 0.5) is 0 Å². The lowest BCUT2D eigenvalue weighted by Crippen LogP contribution is -2.43. The van der Waals surface area contributed by atoms with Gasteiger partial charge in [-0.1, -0.05) is 42.5 Å². The first kappa shape index (κ1) is 21.1. The smallest absolute Gasteiger partial charge is 0.242 e. The molecule has 1 aliphatic heterocycles. The van der Waals surface area contributed by atoms with Crippen LogP contribution in [0.2, 0.25) is 0 Å². The molecule has 4 rings (SSSR count). The van der Waals surface area contributed by atoms with Crippen LogP contribution >= 0.6 is 0 Å². The Labute approximate surface area is 183 Å². The molecule has 0 radical (unpaired) electrons. The number of hydrogen-bond donors (Lipinski definition) is 1. The summed E-state index contributed by atoms with van der Waals surface area (Å²) in [6.07, 6.45) is 4.27. The summed E-state index contributed by atoms with van der Waals surface area (Å²) in [4.78, 5) is 32.1. The van der Waals surface area contributed by atoms with Gasteiger partial charge in [-0.25, -0.2) is 4.98 Å². The quantitative estimate of drug-likeness (QED) is 0.640. The summed E-state index contributed by atoms with van der Waals surface area (Å²) in [5.41, 5.74) is 2.84. The average molecular weight is 419 g/mol. The highest BCUT2D eigenvalue weighted by molar-refractivity contribution is 5.81. The summed E-state index contributed by atoms with van der Waals surface area (Å²) in [6, 6.07) is 17.9. The second kappa shape index (κ2) is 9.77. The maximum atomic E-state index is 13.1. The Balaban J connectivity index is 1.43. The molecule has 1 N–H and O–H groups in total. The van der Waals surface area contributed by atoms with Crippen LogP contribution in [-0.2, 0) is 29.0 Å². The number of fused-ring (bicyclic) bond motifs is 1. The van der Waals surface area contributed by atoms with Crippen molar-refractivity contribution in [1.29, 1.82) is 0 Å². The van der Waals surface area contributed by atoms with E-state index in [0.717, 1.165) is 41.8 Å². The second-order valence-electron chi connectivity index (χ2n) is 8.30. The molecule has 2 aromatic carbocycles. The van der Waals surface area contributed by atoms with Gasteiger partial charge >= 0.3 is 0 Å². The number of hydrogen-bond acceptors (Lipinski definition) is 3. The van der Waals surface area contributed by atoms with E-state index in [1.54, 1.807) is 0 Å². The summed E-state index contributed by atoms with van der Waals surface area (Å²) in [6.45, 7) is 3.74. The molecule has 0 spiro atoms. The first-order chi connectivity index (χ1) is 15.1. The van der Waals surface area contributed by atoms with Crippen molar-refractivity contribution in [2.45, 2.75) is 51.6 Å². The van der Waals surface area contributed by atoms with Gasteiger partial charge in [-0.2, -0.15) is 0 Å². The number of imidazole rings is 1. The summed E-state index contributed by atoms with van der Waals surface area (Å²) < 4.78 is 2.02. The van der Waals surface area contributed by atoms with Gasteiger partial charge in [0, 0.05) is 25.6 Å². The Morgan fingerprint density at radius 1 is 1.06 bits per heavy atom. The summed E-state index contributed by atoms with van der Waals surface area (Å²) >= 11 is 0. The molecule has 2 amide bonds. The molecule has 1 atom stereocenters. The molecular weight excluding hydrogens is 388 g/mol. The molecule has 1 saturated heterocycles. The Morgan fingerprint density at radius 2 is 1.84 bits per heavy atom. The molecule has 3 aromatic rings. The number of rotatable bonds is 7. The molecule has 2 heterocycles. The minimum atomic E-state index is -0.00733. The van der Waals surface area contributed by atoms with Gasteiger partial charge in [-0.05, 0) is 43.9 Å².